The van der Waals surface area contributed by atoms with E-state index in [1.807, 2.05) is 30.3 Å². The van der Waals surface area contributed by atoms with Gasteiger partial charge in [-0.1, -0.05) is 6.07 Å². The fourth-order valence-corrected chi connectivity index (χ4v) is 4.47. The monoisotopic (exact) mass is 515 g/mol. The molecule has 2 aliphatic heterocycles. The highest BCUT2D eigenvalue weighted by Crippen LogP contribution is 2.33. The van der Waals surface area contributed by atoms with Crippen LogP contribution in [0.2, 0.25) is 0 Å². The summed E-state index contributed by atoms with van der Waals surface area (Å²) >= 11 is 0. The summed E-state index contributed by atoms with van der Waals surface area (Å²) in [7, 11) is 0. The fraction of sp³-hybridized carbons (Fsp3) is 0.320. The Morgan fingerprint density at radius 1 is 0.946 bits per heavy atom. The van der Waals surface area contributed by atoms with Crippen LogP contribution in [0.15, 0.2) is 54.9 Å². The number of nitrogens with zero attached hydrogens (tertiary/aromatic N) is 4. The third kappa shape index (κ3) is 6.26. The summed E-state index contributed by atoms with van der Waals surface area (Å²) in [6.07, 6.45) is -3.09. The van der Waals surface area contributed by atoms with E-state index in [0.717, 1.165) is 28.1 Å². The second kappa shape index (κ2) is 10.2. The summed E-state index contributed by atoms with van der Waals surface area (Å²) < 4.78 is 51.0. The highest BCUT2D eigenvalue weighted by Gasteiger charge is 2.34. The summed E-state index contributed by atoms with van der Waals surface area (Å²) in [4.78, 5) is 23.2. The van der Waals surface area contributed by atoms with Crippen LogP contribution >= 0.6 is 0 Å². The Morgan fingerprint density at radius 2 is 1.68 bits per heavy atom. The molecule has 1 aromatic carbocycles. The second-order valence-electron chi connectivity index (χ2n) is 8.99. The van der Waals surface area contributed by atoms with Gasteiger partial charge in [-0.15, -0.1) is 0 Å². The van der Waals surface area contributed by atoms with Gasteiger partial charge in [0, 0.05) is 51.2 Å². The van der Waals surface area contributed by atoms with Crippen molar-refractivity contribution in [1.29, 1.82) is 0 Å². The number of nitrogens with one attached hydrogen (secondary N) is 3. The SMILES string of the molecule is O=C(CC(F)(F)F)N1CCN(Cc2ccnc(NC3Nc4ccc(-c5ccnc(F)c5)cc4N3)c2)CC1. The number of aromatic nitrogens is 2. The summed E-state index contributed by atoms with van der Waals surface area (Å²) in [5.74, 6) is -0.766. The Labute approximate surface area is 210 Å². The maximum atomic E-state index is 13.5. The average Bonchev–Trinajstić information content (AvgIpc) is 3.25. The van der Waals surface area contributed by atoms with Crippen molar-refractivity contribution in [2.24, 2.45) is 0 Å². The first kappa shape index (κ1) is 24.8. The first-order valence-corrected chi connectivity index (χ1v) is 11.8. The molecule has 0 aliphatic carbocycles. The van der Waals surface area contributed by atoms with E-state index < -0.39 is 24.5 Å². The molecule has 1 saturated heterocycles. The number of alkyl halides is 3. The van der Waals surface area contributed by atoms with Gasteiger partial charge in [0.2, 0.25) is 11.9 Å². The third-order valence-corrected chi connectivity index (χ3v) is 6.28. The molecule has 0 saturated carbocycles. The van der Waals surface area contributed by atoms with E-state index in [2.05, 4.69) is 30.8 Å². The van der Waals surface area contributed by atoms with Gasteiger partial charge in [-0.05, 0) is 47.0 Å². The molecule has 2 aliphatic rings. The number of carbonyl (C=O) groups is 1. The molecule has 8 nitrogen and oxygen atoms in total. The molecule has 2 aromatic heterocycles. The molecule has 0 bridgehead atoms. The number of carbonyl (C=O) groups excluding carboxylic acids is 1. The minimum atomic E-state index is -4.49. The topological polar surface area (TPSA) is 85.4 Å². The van der Waals surface area contributed by atoms with Gasteiger partial charge in [-0.2, -0.15) is 17.6 Å². The number of anilines is 3. The maximum Gasteiger partial charge on any atom is 0.397 e. The Morgan fingerprint density at radius 3 is 2.43 bits per heavy atom. The standard InChI is InChI=1S/C25H25F4N7O/c26-21-13-18(4-6-30-21)17-1-2-19-20(12-17)33-24(32-19)34-22-11-16(3-5-31-22)15-35-7-9-36(10-8-35)23(37)14-25(27,28)29/h1-6,11-13,24,32-33H,7-10,14-15H2,(H,31,34). The van der Waals surface area contributed by atoms with Crippen LogP contribution in [0.4, 0.5) is 34.8 Å². The molecule has 3 aromatic rings. The summed E-state index contributed by atoms with van der Waals surface area (Å²) in [6, 6.07) is 12.7. The molecule has 1 fully saturated rings. The lowest BCUT2D eigenvalue weighted by Crippen LogP contribution is -2.49. The van der Waals surface area contributed by atoms with Crippen molar-refractivity contribution < 1.29 is 22.4 Å². The van der Waals surface area contributed by atoms with Gasteiger partial charge < -0.3 is 20.9 Å². The molecule has 1 amide bonds. The van der Waals surface area contributed by atoms with Gasteiger partial charge >= 0.3 is 6.18 Å². The maximum absolute atomic E-state index is 13.5. The zero-order valence-corrected chi connectivity index (χ0v) is 19.7. The van der Waals surface area contributed by atoms with E-state index in [1.165, 1.54) is 17.2 Å². The summed E-state index contributed by atoms with van der Waals surface area (Å²) in [5.41, 5.74) is 4.33. The van der Waals surface area contributed by atoms with E-state index >= 15 is 0 Å². The van der Waals surface area contributed by atoms with E-state index in [1.54, 1.807) is 12.3 Å². The van der Waals surface area contributed by atoms with Gasteiger partial charge in [-0.3, -0.25) is 9.69 Å². The molecule has 4 heterocycles. The highest BCUT2D eigenvalue weighted by molar-refractivity contribution is 5.81. The number of amides is 1. The van der Waals surface area contributed by atoms with Crippen molar-refractivity contribution in [2.45, 2.75) is 25.4 Å². The number of hydrogen-bond acceptors (Lipinski definition) is 7. The predicted octanol–water partition coefficient (Wildman–Crippen LogP) is 4.11. The number of pyridine rings is 2. The van der Waals surface area contributed by atoms with Crippen molar-refractivity contribution >= 4 is 23.1 Å². The minimum Gasteiger partial charge on any atom is -0.347 e. The zero-order chi connectivity index (χ0) is 26.0. The second-order valence-corrected chi connectivity index (χ2v) is 8.99. The van der Waals surface area contributed by atoms with Gasteiger partial charge in [-0.25, -0.2) is 9.97 Å². The van der Waals surface area contributed by atoms with Crippen LogP contribution in [0, 0.1) is 5.95 Å². The van der Waals surface area contributed by atoms with Crippen molar-refractivity contribution in [3.63, 3.8) is 0 Å². The largest absolute Gasteiger partial charge is 0.397 e. The van der Waals surface area contributed by atoms with Gasteiger partial charge in [0.05, 0.1) is 11.4 Å². The smallest absolute Gasteiger partial charge is 0.347 e. The Bertz CT molecular complexity index is 1280. The summed E-state index contributed by atoms with van der Waals surface area (Å²) in [6.45, 7) is 2.13. The number of benzene rings is 1. The molecular formula is C25H25F4N7O. The van der Waals surface area contributed by atoms with Crippen LogP contribution in [-0.4, -0.2) is 64.3 Å². The van der Waals surface area contributed by atoms with Crippen molar-refractivity contribution in [3.05, 3.63) is 66.4 Å². The predicted molar refractivity (Wildman–Crippen MR) is 131 cm³/mol. The molecule has 194 valence electrons. The first-order chi connectivity index (χ1) is 17.7. The molecule has 3 N–H and O–H groups in total. The summed E-state index contributed by atoms with van der Waals surface area (Å²) in [5, 5.41) is 9.97. The van der Waals surface area contributed by atoms with Crippen molar-refractivity contribution in [2.75, 3.05) is 42.1 Å². The first-order valence-electron chi connectivity index (χ1n) is 11.8. The lowest BCUT2D eigenvalue weighted by molar-refractivity contribution is -0.162. The molecule has 1 atom stereocenters. The number of halogens is 4. The van der Waals surface area contributed by atoms with Crippen LogP contribution < -0.4 is 16.0 Å². The number of rotatable bonds is 6. The van der Waals surface area contributed by atoms with Crippen molar-refractivity contribution in [1.82, 2.24) is 19.8 Å². The van der Waals surface area contributed by atoms with Gasteiger partial charge in [0.15, 0.2) is 6.29 Å². The van der Waals surface area contributed by atoms with Crippen molar-refractivity contribution in [3.8, 4) is 11.1 Å². The van der Waals surface area contributed by atoms with Crippen LogP contribution in [0.5, 0.6) is 0 Å². The molecule has 0 spiro atoms. The van der Waals surface area contributed by atoms with Gasteiger partial charge in [0.1, 0.15) is 12.2 Å². The number of piperazine rings is 1. The zero-order valence-electron chi connectivity index (χ0n) is 19.7. The molecule has 12 heteroatoms. The molecule has 1 unspecified atom stereocenters. The van der Waals surface area contributed by atoms with E-state index in [4.69, 9.17) is 0 Å². The number of hydrogen-bond donors (Lipinski definition) is 3. The Hall–Kier alpha value is -3.93. The molecule has 5 rings (SSSR count). The lowest BCUT2D eigenvalue weighted by atomic mass is 10.1. The van der Waals surface area contributed by atoms with E-state index in [0.29, 0.717) is 25.5 Å². The van der Waals surface area contributed by atoms with Crippen LogP contribution in [0.25, 0.3) is 11.1 Å². The van der Waals surface area contributed by atoms with E-state index in [-0.39, 0.29) is 19.4 Å². The van der Waals surface area contributed by atoms with Crippen LogP contribution in [0.3, 0.4) is 0 Å². The normalized spacial score (nSPS) is 17.6. The Kier molecular flexibility index (Phi) is 6.83. The average molecular weight is 516 g/mol. The highest BCUT2D eigenvalue weighted by atomic mass is 19.4. The Balaban J connectivity index is 1.15. The quantitative estimate of drug-likeness (QED) is 0.337. The van der Waals surface area contributed by atoms with Crippen LogP contribution in [0.1, 0.15) is 12.0 Å². The molecular weight excluding hydrogens is 490 g/mol. The van der Waals surface area contributed by atoms with Gasteiger partial charge in [0.25, 0.3) is 0 Å². The van der Waals surface area contributed by atoms with Crippen LogP contribution in [-0.2, 0) is 11.3 Å². The third-order valence-electron chi connectivity index (χ3n) is 6.28. The lowest BCUT2D eigenvalue weighted by Gasteiger charge is -2.35. The minimum absolute atomic E-state index is 0.271. The molecule has 0 radical (unpaired) electrons. The molecule has 37 heavy (non-hydrogen) atoms. The van der Waals surface area contributed by atoms with E-state index in [9.17, 15) is 22.4 Å². The number of fused-ring (bicyclic) bond motifs is 1. The fourth-order valence-electron chi connectivity index (χ4n) is 4.47.